The van der Waals surface area contributed by atoms with Gasteiger partial charge in [0.25, 0.3) is 5.91 Å². The molecule has 5 nitrogen and oxygen atoms in total. The first kappa shape index (κ1) is 19.7. The molecule has 1 saturated heterocycles. The number of benzene rings is 1. The third-order valence-electron chi connectivity index (χ3n) is 5.75. The molecule has 1 aromatic carbocycles. The van der Waals surface area contributed by atoms with E-state index >= 15 is 0 Å². The maximum atomic E-state index is 13.4. The molecule has 1 aliphatic heterocycles. The normalized spacial score (nSPS) is 16.1. The van der Waals surface area contributed by atoms with E-state index in [1.54, 1.807) is 11.3 Å². The largest absolute Gasteiger partial charge is 0.466 e. The molecule has 0 spiro atoms. The van der Waals surface area contributed by atoms with E-state index < -0.39 is 0 Å². The predicted molar refractivity (Wildman–Crippen MR) is 115 cm³/mol. The lowest BCUT2D eigenvalue weighted by atomic mass is 9.97. The van der Waals surface area contributed by atoms with Crippen molar-refractivity contribution in [1.29, 1.82) is 0 Å². The molecular formula is C23H26N2O3S. The van der Waals surface area contributed by atoms with E-state index in [4.69, 9.17) is 4.74 Å². The van der Waals surface area contributed by atoms with E-state index in [1.165, 1.54) is 5.56 Å². The third-order valence-corrected chi connectivity index (χ3v) is 6.60. The van der Waals surface area contributed by atoms with Crippen molar-refractivity contribution in [3.8, 4) is 0 Å². The Balaban J connectivity index is 1.59. The minimum absolute atomic E-state index is 0.0403. The summed E-state index contributed by atoms with van der Waals surface area (Å²) in [5.41, 5.74) is 2.99. The van der Waals surface area contributed by atoms with Crippen LogP contribution in [0, 0.1) is 5.92 Å². The molecule has 6 heteroatoms. The molecule has 0 radical (unpaired) electrons. The molecule has 1 fully saturated rings. The lowest BCUT2D eigenvalue weighted by Crippen LogP contribution is -2.41. The van der Waals surface area contributed by atoms with Crippen LogP contribution in [0.25, 0.3) is 10.2 Å². The Morgan fingerprint density at radius 2 is 1.90 bits per heavy atom. The summed E-state index contributed by atoms with van der Waals surface area (Å²) in [5, 5.41) is 2.07. The van der Waals surface area contributed by atoms with Gasteiger partial charge in [-0.3, -0.25) is 9.59 Å². The van der Waals surface area contributed by atoms with Crippen molar-refractivity contribution in [2.45, 2.75) is 32.7 Å². The molecule has 29 heavy (non-hydrogen) atoms. The first-order valence-electron chi connectivity index (χ1n) is 10.2. The Kier molecular flexibility index (Phi) is 5.72. The van der Waals surface area contributed by atoms with Gasteiger partial charge in [-0.2, -0.15) is 0 Å². The summed E-state index contributed by atoms with van der Waals surface area (Å²) in [7, 11) is 0. The number of esters is 1. The zero-order chi connectivity index (χ0) is 20.4. The molecule has 3 heterocycles. The number of aromatic nitrogens is 1. The Morgan fingerprint density at radius 3 is 2.59 bits per heavy atom. The van der Waals surface area contributed by atoms with Gasteiger partial charge in [0.2, 0.25) is 0 Å². The second kappa shape index (κ2) is 8.41. The van der Waals surface area contributed by atoms with Crippen molar-refractivity contribution < 1.29 is 14.3 Å². The molecule has 1 aliphatic rings. The van der Waals surface area contributed by atoms with Crippen LogP contribution in [0.1, 0.15) is 48.8 Å². The number of nitrogens with zero attached hydrogens (tertiary/aromatic N) is 2. The molecule has 3 aromatic rings. The second-order valence-corrected chi connectivity index (χ2v) is 8.42. The Hall–Kier alpha value is -2.60. The highest BCUT2D eigenvalue weighted by atomic mass is 32.1. The van der Waals surface area contributed by atoms with Crippen molar-refractivity contribution in [3.63, 3.8) is 0 Å². The number of thiophene rings is 1. The van der Waals surface area contributed by atoms with Crippen LogP contribution in [0.5, 0.6) is 0 Å². The van der Waals surface area contributed by atoms with E-state index in [0.717, 1.165) is 15.9 Å². The lowest BCUT2D eigenvalue weighted by molar-refractivity contribution is -0.149. The smallest absolute Gasteiger partial charge is 0.309 e. The summed E-state index contributed by atoms with van der Waals surface area (Å²) in [4.78, 5) is 27.3. The zero-order valence-corrected chi connectivity index (χ0v) is 17.7. The third kappa shape index (κ3) is 3.81. The highest BCUT2D eigenvalue weighted by molar-refractivity contribution is 7.17. The first-order chi connectivity index (χ1) is 14.1. The topological polar surface area (TPSA) is 51.5 Å². The molecule has 152 valence electrons. The number of carbonyl (C=O) groups excluding carboxylic acids is 2. The number of amides is 1. The van der Waals surface area contributed by atoms with Crippen LogP contribution in [0.15, 0.2) is 47.8 Å². The SMILES string of the molecule is CCOC(=O)C1CCN(C(=O)c2cc3sccc3n2C(C)c2ccccc2)CC1. The molecule has 0 N–H and O–H groups in total. The van der Waals surface area contributed by atoms with Crippen LogP contribution >= 0.6 is 11.3 Å². The van der Waals surface area contributed by atoms with Crippen molar-refractivity contribution >= 4 is 33.4 Å². The van der Waals surface area contributed by atoms with Crippen molar-refractivity contribution in [1.82, 2.24) is 9.47 Å². The van der Waals surface area contributed by atoms with E-state index in [2.05, 4.69) is 35.1 Å². The van der Waals surface area contributed by atoms with Crippen molar-refractivity contribution in [3.05, 3.63) is 59.1 Å². The second-order valence-electron chi connectivity index (χ2n) is 7.47. The summed E-state index contributed by atoms with van der Waals surface area (Å²) in [5.74, 6) is -0.197. The van der Waals surface area contributed by atoms with E-state index in [-0.39, 0.29) is 23.8 Å². The predicted octanol–water partition coefficient (Wildman–Crippen LogP) is 4.73. The summed E-state index contributed by atoms with van der Waals surface area (Å²) in [6, 6.07) is 14.4. The summed E-state index contributed by atoms with van der Waals surface area (Å²) in [6.07, 6.45) is 1.32. The maximum Gasteiger partial charge on any atom is 0.309 e. The van der Waals surface area contributed by atoms with Crippen LogP contribution in [-0.4, -0.2) is 41.0 Å². The molecule has 0 bridgehead atoms. The van der Waals surface area contributed by atoms with Gasteiger partial charge in [-0.1, -0.05) is 30.3 Å². The number of hydrogen-bond acceptors (Lipinski definition) is 4. The summed E-state index contributed by atoms with van der Waals surface area (Å²) in [6.45, 7) is 5.53. The molecule has 0 saturated carbocycles. The minimum atomic E-state index is -0.138. The van der Waals surface area contributed by atoms with E-state index in [9.17, 15) is 9.59 Å². The van der Waals surface area contributed by atoms with Gasteiger partial charge in [-0.05, 0) is 49.8 Å². The monoisotopic (exact) mass is 410 g/mol. The maximum absolute atomic E-state index is 13.4. The lowest BCUT2D eigenvalue weighted by Gasteiger charge is -2.31. The summed E-state index contributed by atoms with van der Waals surface area (Å²) < 4.78 is 8.42. The van der Waals surface area contributed by atoms with Gasteiger partial charge in [0.15, 0.2) is 0 Å². The minimum Gasteiger partial charge on any atom is -0.466 e. The number of likely N-dealkylation sites (tertiary alicyclic amines) is 1. The fourth-order valence-corrected chi connectivity index (χ4v) is 4.96. The molecule has 4 rings (SSSR count). The highest BCUT2D eigenvalue weighted by Gasteiger charge is 2.31. The number of piperidine rings is 1. The highest BCUT2D eigenvalue weighted by Crippen LogP contribution is 2.32. The van der Waals surface area contributed by atoms with Gasteiger partial charge in [0.1, 0.15) is 5.69 Å². The van der Waals surface area contributed by atoms with Gasteiger partial charge in [-0.15, -0.1) is 11.3 Å². The van der Waals surface area contributed by atoms with Crippen molar-refractivity contribution in [2.24, 2.45) is 5.92 Å². The first-order valence-corrected chi connectivity index (χ1v) is 11.1. The number of ether oxygens (including phenoxy) is 1. The fourth-order valence-electron chi connectivity index (χ4n) is 4.15. The fraction of sp³-hybridized carbons (Fsp3) is 0.391. The average molecular weight is 411 g/mol. The standard InChI is InChI=1S/C23H26N2O3S/c1-3-28-23(27)18-9-12-24(13-10-18)22(26)20-15-21-19(11-14-29-21)25(20)16(2)17-7-5-4-6-8-17/h4-8,11,14-16,18H,3,9-10,12-13H2,1-2H3. The number of carbonyl (C=O) groups is 2. The molecule has 2 aromatic heterocycles. The molecule has 1 unspecified atom stereocenters. The van der Waals surface area contributed by atoms with Gasteiger partial charge in [0.05, 0.1) is 28.8 Å². The average Bonchev–Trinajstić information content (AvgIpc) is 3.35. The van der Waals surface area contributed by atoms with Crippen LogP contribution in [0.2, 0.25) is 0 Å². The molecule has 1 amide bonds. The van der Waals surface area contributed by atoms with Crippen LogP contribution in [0.4, 0.5) is 0 Å². The van der Waals surface area contributed by atoms with Gasteiger partial charge in [-0.25, -0.2) is 0 Å². The quantitative estimate of drug-likeness (QED) is 0.572. The summed E-state index contributed by atoms with van der Waals surface area (Å²) >= 11 is 1.66. The van der Waals surface area contributed by atoms with E-state index in [0.29, 0.717) is 32.5 Å². The number of hydrogen-bond donors (Lipinski definition) is 0. The Bertz CT molecular complexity index is 1000. The Labute approximate surface area is 174 Å². The van der Waals surface area contributed by atoms with Gasteiger partial charge in [0, 0.05) is 13.1 Å². The van der Waals surface area contributed by atoms with Crippen molar-refractivity contribution in [2.75, 3.05) is 19.7 Å². The van der Waals surface area contributed by atoms with Gasteiger partial charge >= 0.3 is 5.97 Å². The van der Waals surface area contributed by atoms with Crippen LogP contribution in [0.3, 0.4) is 0 Å². The van der Waals surface area contributed by atoms with E-state index in [1.807, 2.05) is 36.1 Å². The molecule has 1 atom stereocenters. The van der Waals surface area contributed by atoms with Gasteiger partial charge < -0.3 is 14.2 Å². The number of rotatable bonds is 5. The number of fused-ring (bicyclic) bond motifs is 1. The zero-order valence-electron chi connectivity index (χ0n) is 16.8. The van der Waals surface area contributed by atoms with Crippen LogP contribution < -0.4 is 0 Å². The van der Waals surface area contributed by atoms with Crippen LogP contribution in [-0.2, 0) is 9.53 Å². The molecular weight excluding hydrogens is 384 g/mol. The molecule has 0 aliphatic carbocycles. The Morgan fingerprint density at radius 1 is 1.17 bits per heavy atom.